The number of benzene rings is 2. The summed E-state index contributed by atoms with van der Waals surface area (Å²) in [6.45, 7) is 0.588. The van der Waals surface area contributed by atoms with Gasteiger partial charge in [-0.2, -0.15) is 0 Å². The molecule has 0 atom stereocenters. The van der Waals surface area contributed by atoms with Crippen LogP contribution in [-0.4, -0.2) is 34.8 Å². The summed E-state index contributed by atoms with van der Waals surface area (Å²) in [5.41, 5.74) is 2.58. The number of carbonyl (C=O) groups excluding carboxylic acids is 2. The summed E-state index contributed by atoms with van der Waals surface area (Å²) in [6, 6.07) is 11.6. The first-order valence-corrected chi connectivity index (χ1v) is 7.65. The van der Waals surface area contributed by atoms with Gasteiger partial charge in [-0.05, 0) is 35.4 Å². The van der Waals surface area contributed by atoms with Crippen LogP contribution in [0.5, 0.6) is 0 Å². The summed E-state index contributed by atoms with van der Waals surface area (Å²) in [5.74, 6) is -1.59. The monoisotopic (exact) mass is 336 g/mol. The number of para-hydroxylation sites is 1. The third-order valence-corrected chi connectivity index (χ3v) is 3.96. The van der Waals surface area contributed by atoms with E-state index in [4.69, 9.17) is 5.11 Å². The quantitative estimate of drug-likeness (QED) is 0.840. The van der Waals surface area contributed by atoms with Gasteiger partial charge in [-0.15, -0.1) is 0 Å². The molecule has 0 saturated heterocycles. The van der Waals surface area contributed by atoms with Crippen molar-refractivity contribution >= 4 is 29.5 Å². The molecule has 6 heteroatoms. The SMILES string of the molecule is CN1Cc2ccc(/C=C/C(=O)Nc3ccccc3C(=O)O)cc2C1=O. The normalized spacial score (nSPS) is 13.2. The lowest BCUT2D eigenvalue weighted by Crippen LogP contribution is -2.17. The Labute approximate surface area is 144 Å². The van der Waals surface area contributed by atoms with E-state index in [9.17, 15) is 14.4 Å². The van der Waals surface area contributed by atoms with Crippen LogP contribution in [-0.2, 0) is 11.3 Å². The number of aromatic carboxylic acids is 1. The molecule has 0 radical (unpaired) electrons. The number of carbonyl (C=O) groups is 3. The molecule has 0 saturated carbocycles. The minimum absolute atomic E-state index is 0.0235. The molecule has 25 heavy (non-hydrogen) atoms. The Morgan fingerprint density at radius 2 is 1.96 bits per heavy atom. The molecule has 126 valence electrons. The first kappa shape index (κ1) is 16.4. The van der Waals surface area contributed by atoms with Gasteiger partial charge >= 0.3 is 5.97 Å². The summed E-state index contributed by atoms with van der Waals surface area (Å²) >= 11 is 0. The van der Waals surface area contributed by atoms with Gasteiger partial charge in [0.1, 0.15) is 0 Å². The number of carboxylic acid groups (broad SMARTS) is 1. The molecule has 3 rings (SSSR count). The topological polar surface area (TPSA) is 86.7 Å². The summed E-state index contributed by atoms with van der Waals surface area (Å²) < 4.78 is 0. The van der Waals surface area contributed by atoms with Gasteiger partial charge in [-0.25, -0.2) is 4.79 Å². The van der Waals surface area contributed by atoms with Gasteiger partial charge in [-0.1, -0.05) is 24.3 Å². The minimum Gasteiger partial charge on any atom is -0.478 e. The lowest BCUT2D eigenvalue weighted by Gasteiger charge is -2.06. The first-order valence-electron chi connectivity index (χ1n) is 7.65. The van der Waals surface area contributed by atoms with Crippen LogP contribution in [0.15, 0.2) is 48.5 Å². The fourth-order valence-corrected chi connectivity index (χ4v) is 2.69. The number of nitrogens with zero attached hydrogens (tertiary/aromatic N) is 1. The highest BCUT2D eigenvalue weighted by Crippen LogP contribution is 2.23. The van der Waals surface area contributed by atoms with Crippen molar-refractivity contribution in [2.45, 2.75) is 6.54 Å². The molecule has 0 unspecified atom stereocenters. The van der Waals surface area contributed by atoms with Gasteiger partial charge in [-0.3, -0.25) is 9.59 Å². The van der Waals surface area contributed by atoms with Crippen LogP contribution in [0.3, 0.4) is 0 Å². The summed E-state index contributed by atoms with van der Waals surface area (Å²) in [4.78, 5) is 36.8. The first-order chi connectivity index (χ1) is 12.0. The van der Waals surface area contributed by atoms with Crippen LogP contribution < -0.4 is 5.32 Å². The molecule has 1 aliphatic rings. The van der Waals surface area contributed by atoms with Gasteiger partial charge in [0.25, 0.3) is 5.91 Å². The van der Waals surface area contributed by atoms with E-state index in [1.807, 2.05) is 12.1 Å². The number of hydrogen-bond donors (Lipinski definition) is 2. The number of amides is 2. The number of fused-ring (bicyclic) bond motifs is 1. The standard InChI is InChI=1S/C19H16N2O4/c1-21-11-13-8-6-12(10-15(13)18(21)23)7-9-17(22)20-16-5-3-2-4-14(16)19(24)25/h2-10H,11H2,1H3,(H,20,22)(H,24,25)/b9-7+. The van der Waals surface area contributed by atoms with E-state index in [0.717, 1.165) is 11.1 Å². The second-order valence-electron chi connectivity index (χ2n) is 5.75. The maximum Gasteiger partial charge on any atom is 0.337 e. The van der Waals surface area contributed by atoms with Crippen LogP contribution in [0, 0.1) is 0 Å². The lowest BCUT2D eigenvalue weighted by atomic mass is 10.1. The van der Waals surface area contributed by atoms with Gasteiger partial charge in [0.05, 0.1) is 11.3 Å². The van der Waals surface area contributed by atoms with Gasteiger partial charge in [0.2, 0.25) is 5.91 Å². The van der Waals surface area contributed by atoms with E-state index in [2.05, 4.69) is 5.32 Å². The number of anilines is 1. The Morgan fingerprint density at radius 3 is 2.72 bits per heavy atom. The number of nitrogens with one attached hydrogen (secondary N) is 1. The molecule has 0 aliphatic carbocycles. The third kappa shape index (κ3) is 3.42. The summed E-state index contributed by atoms with van der Waals surface area (Å²) in [6.07, 6.45) is 2.90. The van der Waals surface area contributed by atoms with Crippen molar-refractivity contribution in [3.63, 3.8) is 0 Å². The Bertz CT molecular complexity index is 902. The molecule has 6 nitrogen and oxygen atoms in total. The second-order valence-corrected chi connectivity index (χ2v) is 5.75. The molecule has 0 bridgehead atoms. The molecule has 0 spiro atoms. The van der Waals surface area contributed by atoms with Crippen LogP contribution in [0.4, 0.5) is 5.69 Å². The second kappa shape index (κ2) is 6.60. The van der Waals surface area contributed by atoms with Gasteiger partial charge in [0, 0.05) is 25.2 Å². The molecule has 2 aromatic rings. The molecule has 1 heterocycles. The van der Waals surface area contributed by atoms with E-state index < -0.39 is 11.9 Å². The van der Waals surface area contributed by atoms with Gasteiger partial charge in [0.15, 0.2) is 0 Å². The third-order valence-electron chi connectivity index (χ3n) is 3.96. The fourth-order valence-electron chi connectivity index (χ4n) is 2.69. The Hall–Kier alpha value is -3.41. The van der Waals surface area contributed by atoms with E-state index in [-0.39, 0.29) is 17.2 Å². The van der Waals surface area contributed by atoms with Gasteiger partial charge < -0.3 is 15.3 Å². The molecule has 1 aliphatic heterocycles. The van der Waals surface area contributed by atoms with E-state index >= 15 is 0 Å². The number of carboxylic acids is 1. The van der Waals surface area contributed by atoms with Crippen molar-refractivity contribution in [3.05, 3.63) is 70.8 Å². The van der Waals surface area contributed by atoms with Crippen LogP contribution in [0.25, 0.3) is 6.08 Å². The van der Waals surface area contributed by atoms with Crippen molar-refractivity contribution in [2.75, 3.05) is 12.4 Å². The Kier molecular flexibility index (Phi) is 4.35. The Morgan fingerprint density at radius 1 is 1.20 bits per heavy atom. The van der Waals surface area contributed by atoms with Crippen molar-refractivity contribution in [1.29, 1.82) is 0 Å². The highest BCUT2D eigenvalue weighted by molar-refractivity contribution is 6.06. The average Bonchev–Trinajstić information content (AvgIpc) is 2.87. The predicted octanol–water partition coefficient (Wildman–Crippen LogP) is 2.62. The molecule has 2 amide bonds. The van der Waals surface area contributed by atoms with Crippen molar-refractivity contribution in [3.8, 4) is 0 Å². The average molecular weight is 336 g/mol. The van der Waals surface area contributed by atoms with Crippen LogP contribution >= 0.6 is 0 Å². The number of hydrogen-bond acceptors (Lipinski definition) is 3. The summed E-state index contributed by atoms with van der Waals surface area (Å²) in [5, 5.41) is 11.7. The highest BCUT2D eigenvalue weighted by atomic mass is 16.4. The van der Waals surface area contributed by atoms with Crippen LogP contribution in [0.1, 0.15) is 31.8 Å². The molecular weight excluding hydrogens is 320 g/mol. The zero-order valence-corrected chi connectivity index (χ0v) is 13.5. The maximum atomic E-state index is 12.0. The smallest absolute Gasteiger partial charge is 0.337 e. The zero-order valence-electron chi connectivity index (χ0n) is 13.5. The Balaban J connectivity index is 1.74. The molecule has 2 aromatic carbocycles. The highest BCUT2D eigenvalue weighted by Gasteiger charge is 2.23. The fraction of sp³-hybridized carbons (Fsp3) is 0.105. The maximum absolute atomic E-state index is 12.0. The molecule has 0 fully saturated rings. The van der Waals surface area contributed by atoms with E-state index in [0.29, 0.717) is 12.1 Å². The largest absolute Gasteiger partial charge is 0.478 e. The lowest BCUT2D eigenvalue weighted by molar-refractivity contribution is -0.111. The van der Waals surface area contributed by atoms with Crippen LogP contribution in [0.2, 0.25) is 0 Å². The molecular formula is C19H16N2O4. The van der Waals surface area contributed by atoms with Crippen molar-refractivity contribution in [2.24, 2.45) is 0 Å². The molecule has 2 N–H and O–H groups in total. The predicted molar refractivity (Wildman–Crippen MR) is 93.3 cm³/mol. The van der Waals surface area contributed by atoms with E-state index in [1.165, 1.54) is 18.2 Å². The summed E-state index contributed by atoms with van der Waals surface area (Å²) in [7, 11) is 1.74. The van der Waals surface area contributed by atoms with E-state index in [1.54, 1.807) is 36.2 Å². The van der Waals surface area contributed by atoms with Crippen molar-refractivity contribution in [1.82, 2.24) is 4.90 Å². The minimum atomic E-state index is -1.11. The zero-order chi connectivity index (χ0) is 18.0. The number of rotatable bonds is 4. The van der Waals surface area contributed by atoms with Crippen molar-refractivity contribution < 1.29 is 19.5 Å². The molecule has 0 aromatic heterocycles.